The molecule has 52 valence electrons. The minimum atomic E-state index is 0.238. The van der Waals surface area contributed by atoms with E-state index >= 15 is 0 Å². The number of rotatable bonds is 0. The standard InChI is InChI=1S/C8H9NO/c10-8-5-4-7-3-1-2-6-9(7)8/h2-3,6H,1,4-5H2. The summed E-state index contributed by atoms with van der Waals surface area (Å²) in [6.45, 7) is 0. The Hall–Kier alpha value is -1.05. The van der Waals surface area contributed by atoms with Crippen LogP contribution in [0.15, 0.2) is 24.0 Å². The van der Waals surface area contributed by atoms with Gasteiger partial charge in [-0.2, -0.15) is 0 Å². The molecule has 0 spiro atoms. The van der Waals surface area contributed by atoms with E-state index in [-0.39, 0.29) is 5.91 Å². The fraction of sp³-hybridized carbons (Fsp3) is 0.375. The first-order valence-electron chi connectivity index (χ1n) is 3.56. The van der Waals surface area contributed by atoms with Gasteiger partial charge in [0.25, 0.3) is 0 Å². The summed E-state index contributed by atoms with van der Waals surface area (Å²) in [5, 5.41) is 0. The number of carbonyl (C=O) groups is 1. The maximum atomic E-state index is 11.0. The highest BCUT2D eigenvalue weighted by atomic mass is 16.2. The molecule has 1 saturated heterocycles. The Morgan fingerprint density at radius 2 is 2.30 bits per heavy atom. The number of hydrogen-bond donors (Lipinski definition) is 0. The van der Waals surface area contributed by atoms with Crippen LogP contribution in [-0.2, 0) is 4.79 Å². The van der Waals surface area contributed by atoms with Crippen molar-refractivity contribution in [3.05, 3.63) is 24.0 Å². The summed E-state index contributed by atoms with van der Waals surface area (Å²) in [7, 11) is 0. The van der Waals surface area contributed by atoms with Crippen molar-refractivity contribution >= 4 is 5.91 Å². The second-order valence-electron chi connectivity index (χ2n) is 2.58. The van der Waals surface area contributed by atoms with E-state index < -0.39 is 0 Å². The normalized spacial score (nSPS) is 23.0. The van der Waals surface area contributed by atoms with Crippen molar-refractivity contribution in [2.75, 3.05) is 0 Å². The van der Waals surface area contributed by atoms with E-state index in [9.17, 15) is 4.79 Å². The van der Waals surface area contributed by atoms with E-state index in [0.717, 1.165) is 12.8 Å². The second kappa shape index (κ2) is 1.97. The third-order valence-electron chi connectivity index (χ3n) is 1.92. The van der Waals surface area contributed by atoms with Gasteiger partial charge in [-0.05, 0) is 12.8 Å². The Morgan fingerprint density at radius 3 is 3.10 bits per heavy atom. The van der Waals surface area contributed by atoms with Gasteiger partial charge >= 0.3 is 0 Å². The largest absolute Gasteiger partial charge is 0.292 e. The first-order valence-corrected chi connectivity index (χ1v) is 3.56. The van der Waals surface area contributed by atoms with Gasteiger partial charge in [0.05, 0.1) is 0 Å². The number of nitrogens with zero attached hydrogens (tertiary/aromatic N) is 1. The van der Waals surface area contributed by atoms with Crippen molar-refractivity contribution in [3.8, 4) is 0 Å². The average Bonchev–Trinajstić information content (AvgIpc) is 2.34. The molecule has 2 nitrogen and oxygen atoms in total. The Balaban J connectivity index is 2.32. The predicted octanol–water partition coefficient (Wildman–Crippen LogP) is 1.41. The lowest BCUT2D eigenvalue weighted by molar-refractivity contribution is -0.124. The SMILES string of the molecule is O=C1CCC2=CCC=CN12. The summed E-state index contributed by atoms with van der Waals surface area (Å²) in [5.74, 6) is 0.238. The smallest absolute Gasteiger partial charge is 0.231 e. The van der Waals surface area contributed by atoms with E-state index in [1.807, 2.05) is 12.3 Å². The van der Waals surface area contributed by atoms with Crippen LogP contribution in [0.5, 0.6) is 0 Å². The molecule has 0 radical (unpaired) electrons. The van der Waals surface area contributed by atoms with Gasteiger partial charge in [0.15, 0.2) is 0 Å². The monoisotopic (exact) mass is 135 g/mol. The van der Waals surface area contributed by atoms with E-state index in [4.69, 9.17) is 0 Å². The molecule has 0 aromatic heterocycles. The van der Waals surface area contributed by atoms with Crippen molar-refractivity contribution in [1.29, 1.82) is 0 Å². The van der Waals surface area contributed by atoms with Gasteiger partial charge in [-0.25, -0.2) is 0 Å². The minimum absolute atomic E-state index is 0.238. The first-order chi connectivity index (χ1) is 4.88. The second-order valence-corrected chi connectivity index (χ2v) is 2.58. The molecule has 1 amide bonds. The summed E-state index contributed by atoms with van der Waals surface area (Å²) >= 11 is 0. The molecular formula is C8H9NO. The highest BCUT2D eigenvalue weighted by molar-refractivity contribution is 5.82. The molecule has 0 unspecified atom stereocenters. The quantitative estimate of drug-likeness (QED) is 0.491. The maximum absolute atomic E-state index is 11.0. The van der Waals surface area contributed by atoms with E-state index in [1.165, 1.54) is 5.70 Å². The molecule has 0 bridgehead atoms. The lowest BCUT2D eigenvalue weighted by Crippen LogP contribution is -2.17. The van der Waals surface area contributed by atoms with Crippen LogP contribution in [0.25, 0.3) is 0 Å². The molecule has 2 rings (SSSR count). The predicted molar refractivity (Wildman–Crippen MR) is 37.9 cm³/mol. The molecule has 0 aromatic carbocycles. The summed E-state index contributed by atoms with van der Waals surface area (Å²) < 4.78 is 0. The van der Waals surface area contributed by atoms with Crippen LogP contribution < -0.4 is 0 Å². The number of amides is 1. The van der Waals surface area contributed by atoms with Crippen LogP contribution in [0.1, 0.15) is 19.3 Å². The number of fused-ring (bicyclic) bond motifs is 1. The lowest BCUT2D eigenvalue weighted by Gasteiger charge is -2.15. The van der Waals surface area contributed by atoms with Gasteiger partial charge in [-0.15, -0.1) is 0 Å². The highest BCUT2D eigenvalue weighted by Crippen LogP contribution is 2.25. The molecule has 2 aliphatic heterocycles. The highest BCUT2D eigenvalue weighted by Gasteiger charge is 2.23. The average molecular weight is 135 g/mol. The van der Waals surface area contributed by atoms with Gasteiger partial charge in [-0.3, -0.25) is 9.69 Å². The van der Waals surface area contributed by atoms with Gasteiger partial charge in [0.2, 0.25) is 5.91 Å². The van der Waals surface area contributed by atoms with Crippen LogP contribution in [-0.4, -0.2) is 10.8 Å². The summed E-state index contributed by atoms with van der Waals surface area (Å²) in [5.41, 5.74) is 1.19. The van der Waals surface area contributed by atoms with Crippen molar-refractivity contribution in [3.63, 3.8) is 0 Å². The molecule has 10 heavy (non-hydrogen) atoms. The van der Waals surface area contributed by atoms with E-state index in [0.29, 0.717) is 6.42 Å². The van der Waals surface area contributed by atoms with Crippen LogP contribution in [0.3, 0.4) is 0 Å². The van der Waals surface area contributed by atoms with Gasteiger partial charge < -0.3 is 0 Å². The zero-order valence-electron chi connectivity index (χ0n) is 5.71. The van der Waals surface area contributed by atoms with E-state index in [1.54, 1.807) is 4.90 Å². The van der Waals surface area contributed by atoms with Crippen molar-refractivity contribution in [2.45, 2.75) is 19.3 Å². The third-order valence-corrected chi connectivity index (χ3v) is 1.92. The summed E-state index contributed by atoms with van der Waals surface area (Å²) in [4.78, 5) is 12.8. The van der Waals surface area contributed by atoms with Gasteiger partial charge in [0, 0.05) is 18.3 Å². The zero-order valence-corrected chi connectivity index (χ0v) is 5.71. The Morgan fingerprint density at radius 1 is 1.40 bits per heavy atom. The number of hydrogen-bond acceptors (Lipinski definition) is 1. The molecule has 1 fully saturated rings. The molecule has 2 aliphatic rings. The third kappa shape index (κ3) is 0.685. The van der Waals surface area contributed by atoms with E-state index in [2.05, 4.69) is 6.08 Å². The fourth-order valence-electron chi connectivity index (χ4n) is 1.39. The Bertz CT molecular complexity index is 227. The molecule has 0 atom stereocenters. The Kier molecular flexibility index (Phi) is 1.13. The summed E-state index contributed by atoms with van der Waals surface area (Å²) in [6.07, 6.45) is 8.61. The molecule has 2 heterocycles. The molecule has 0 aliphatic carbocycles. The van der Waals surface area contributed by atoms with Crippen LogP contribution in [0, 0.1) is 0 Å². The topological polar surface area (TPSA) is 20.3 Å². The van der Waals surface area contributed by atoms with Gasteiger partial charge in [0.1, 0.15) is 0 Å². The molecule has 0 N–H and O–H groups in total. The number of carbonyl (C=O) groups excluding carboxylic acids is 1. The van der Waals surface area contributed by atoms with Crippen LogP contribution in [0.2, 0.25) is 0 Å². The fourth-order valence-corrected chi connectivity index (χ4v) is 1.39. The molecule has 2 heteroatoms. The lowest BCUT2D eigenvalue weighted by atomic mass is 10.2. The van der Waals surface area contributed by atoms with Crippen LogP contribution >= 0.6 is 0 Å². The Labute approximate surface area is 59.8 Å². The summed E-state index contributed by atoms with van der Waals surface area (Å²) in [6, 6.07) is 0. The van der Waals surface area contributed by atoms with Crippen LogP contribution in [0.4, 0.5) is 0 Å². The molecule has 0 aromatic rings. The van der Waals surface area contributed by atoms with Crippen molar-refractivity contribution in [1.82, 2.24) is 4.90 Å². The maximum Gasteiger partial charge on any atom is 0.231 e. The van der Waals surface area contributed by atoms with Crippen molar-refractivity contribution in [2.24, 2.45) is 0 Å². The minimum Gasteiger partial charge on any atom is -0.292 e. The zero-order chi connectivity index (χ0) is 6.97. The molecule has 0 saturated carbocycles. The van der Waals surface area contributed by atoms with Gasteiger partial charge in [-0.1, -0.05) is 12.2 Å². The van der Waals surface area contributed by atoms with Crippen molar-refractivity contribution < 1.29 is 4.79 Å². The molecular weight excluding hydrogens is 126 g/mol. The first kappa shape index (κ1) is 5.71. The number of allylic oxidation sites excluding steroid dienone is 3.